The fourth-order valence-electron chi connectivity index (χ4n) is 2.36. The summed E-state index contributed by atoms with van der Waals surface area (Å²) in [4.78, 5) is 33.5. The summed E-state index contributed by atoms with van der Waals surface area (Å²) in [6.07, 6.45) is 2.79. The Kier molecular flexibility index (Phi) is 5.17. The lowest BCUT2D eigenvalue weighted by Crippen LogP contribution is -2.08. The molecule has 0 saturated heterocycles. The number of nitrogens with zero attached hydrogens (tertiary/aromatic N) is 2. The Balaban J connectivity index is 1.72. The van der Waals surface area contributed by atoms with Crippen LogP contribution in [0.25, 0.3) is 17.3 Å². The van der Waals surface area contributed by atoms with E-state index in [2.05, 4.69) is 15.5 Å². The van der Waals surface area contributed by atoms with E-state index in [-0.39, 0.29) is 17.2 Å². The summed E-state index contributed by atoms with van der Waals surface area (Å²) in [5, 5.41) is 19.8. The topological polar surface area (TPSA) is 118 Å². The largest absolute Gasteiger partial charge is 0.322 e. The van der Waals surface area contributed by atoms with E-state index in [9.17, 15) is 19.7 Å². The van der Waals surface area contributed by atoms with Gasteiger partial charge in [-0.25, -0.2) is 5.10 Å². The van der Waals surface area contributed by atoms with Gasteiger partial charge in [-0.1, -0.05) is 24.3 Å². The van der Waals surface area contributed by atoms with Crippen LogP contribution in [0.4, 0.5) is 11.4 Å². The van der Waals surface area contributed by atoms with Crippen molar-refractivity contribution in [3.63, 3.8) is 0 Å². The number of hydrogen-bond donors (Lipinski definition) is 2. The van der Waals surface area contributed by atoms with Crippen LogP contribution in [0.2, 0.25) is 0 Å². The van der Waals surface area contributed by atoms with Crippen LogP contribution < -0.4 is 10.9 Å². The number of benzene rings is 2. The number of nitro groups is 1. The molecule has 1 amide bonds. The van der Waals surface area contributed by atoms with Crippen molar-refractivity contribution < 1.29 is 9.72 Å². The maximum atomic E-state index is 12.1. The van der Waals surface area contributed by atoms with E-state index < -0.39 is 4.92 Å². The number of carbonyl (C=O) groups is 1. The summed E-state index contributed by atoms with van der Waals surface area (Å²) in [6, 6.07) is 15.9. The molecule has 0 aliphatic heterocycles. The Morgan fingerprint density at radius 3 is 2.67 bits per heavy atom. The van der Waals surface area contributed by atoms with Gasteiger partial charge < -0.3 is 5.32 Å². The van der Waals surface area contributed by atoms with Crippen LogP contribution in [0.5, 0.6) is 0 Å². The number of carbonyl (C=O) groups excluding carboxylic acids is 1. The van der Waals surface area contributed by atoms with Crippen molar-refractivity contribution in [2.45, 2.75) is 0 Å². The molecule has 1 heterocycles. The molecule has 1 aromatic heterocycles. The number of nitro benzene ring substituents is 1. The lowest BCUT2D eigenvalue weighted by Gasteiger charge is -2.05. The molecule has 3 rings (SSSR count). The predicted molar refractivity (Wildman–Crippen MR) is 101 cm³/mol. The number of H-pyrrole nitrogens is 1. The first-order valence-electron chi connectivity index (χ1n) is 7.91. The highest BCUT2D eigenvalue weighted by Crippen LogP contribution is 2.20. The van der Waals surface area contributed by atoms with Crippen molar-refractivity contribution in [3.8, 4) is 11.3 Å². The molecule has 0 atom stereocenters. The molecule has 134 valence electrons. The van der Waals surface area contributed by atoms with Crippen LogP contribution in [-0.4, -0.2) is 21.0 Å². The maximum Gasteiger partial charge on any atom is 0.270 e. The van der Waals surface area contributed by atoms with E-state index in [4.69, 9.17) is 0 Å². The van der Waals surface area contributed by atoms with Crippen LogP contribution in [0.3, 0.4) is 0 Å². The summed E-state index contributed by atoms with van der Waals surface area (Å²) in [7, 11) is 0. The van der Waals surface area contributed by atoms with Crippen LogP contribution in [-0.2, 0) is 4.79 Å². The predicted octanol–water partition coefficient (Wildman–Crippen LogP) is 3.00. The molecule has 2 N–H and O–H groups in total. The second kappa shape index (κ2) is 7.87. The third-order valence-electron chi connectivity index (χ3n) is 3.61. The fourth-order valence-corrected chi connectivity index (χ4v) is 2.36. The van der Waals surface area contributed by atoms with E-state index in [0.29, 0.717) is 16.9 Å². The molecule has 0 unspecified atom stereocenters. The van der Waals surface area contributed by atoms with Gasteiger partial charge in [0, 0.05) is 35.5 Å². The molecule has 0 radical (unpaired) electrons. The Morgan fingerprint density at radius 1 is 1.11 bits per heavy atom. The minimum atomic E-state index is -0.492. The Labute approximate surface area is 153 Å². The first kappa shape index (κ1) is 17.7. The first-order valence-corrected chi connectivity index (χ1v) is 7.91. The van der Waals surface area contributed by atoms with Crippen LogP contribution in [0, 0.1) is 10.1 Å². The molecule has 27 heavy (non-hydrogen) atoms. The quantitative estimate of drug-likeness (QED) is 0.411. The number of aromatic amines is 1. The number of rotatable bonds is 5. The van der Waals surface area contributed by atoms with Gasteiger partial charge in [0.1, 0.15) is 0 Å². The summed E-state index contributed by atoms with van der Waals surface area (Å²) in [5.41, 5.74) is 2.05. The molecule has 3 aromatic rings. The SMILES string of the molecule is O=C(/C=C/c1cccc([N+](=O)[O-])c1)Nc1cccc(-c2ccc(=O)[nH]n2)c1. The van der Waals surface area contributed by atoms with Crippen molar-refractivity contribution in [3.05, 3.63) is 92.8 Å². The highest BCUT2D eigenvalue weighted by atomic mass is 16.6. The average molecular weight is 362 g/mol. The van der Waals surface area contributed by atoms with Crippen molar-refractivity contribution in [2.24, 2.45) is 0 Å². The number of non-ortho nitro benzene ring substituents is 1. The van der Waals surface area contributed by atoms with Crippen LogP contribution >= 0.6 is 0 Å². The van der Waals surface area contributed by atoms with E-state index in [1.807, 2.05) is 0 Å². The number of nitrogens with one attached hydrogen (secondary N) is 2. The summed E-state index contributed by atoms with van der Waals surface area (Å²) in [5.74, 6) is -0.381. The van der Waals surface area contributed by atoms with Gasteiger partial charge >= 0.3 is 0 Å². The second-order valence-corrected chi connectivity index (χ2v) is 5.56. The van der Waals surface area contributed by atoms with E-state index in [0.717, 1.165) is 5.56 Å². The Bertz CT molecular complexity index is 1070. The van der Waals surface area contributed by atoms with Gasteiger partial charge in [-0.05, 0) is 29.8 Å². The van der Waals surface area contributed by atoms with Crippen LogP contribution in [0.1, 0.15) is 5.56 Å². The first-order chi connectivity index (χ1) is 13.0. The third kappa shape index (κ3) is 4.73. The van der Waals surface area contributed by atoms with Gasteiger partial charge in [-0.15, -0.1) is 0 Å². The zero-order valence-corrected chi connectivity index (χ0v) is 14.0. The molecule has 0 aliphatic carbocycles. The summed E-state index contributed by atoms with van der Waals surface area (Å²) in [6.45, 7) is 0. The molecule has 8 nitrogen and oxygen atoms in total. The molecule has 0 fully saturated rings. The number of amides is 1. The number of hydrogen-bond acceptors (Lipinski definition) is 5. The van der Waals surface area contributed by atoms with E-state index >= 15 is 0 Å². The normalized spacial score (nSPS) is 10.7. The highest BCUT2D eigenvalue weighted by Gasteiger charge is 2.05. The number of aromatic nitrogens is 2. The molecule has 0 saturated carbocycles. The van der Waals surface area contributed by atoms with Crippen molar-refractivity contribution >= 4 is 23.4 Å². The lowest BCUT2D eigenvalue weighted by atomic mass is 10.1. The fraction of sp³-hybridized carbons (Fsp3) is 0. The van der Waals surface area contributed by atoms with Gasteiger partial charge in [0.15, 0.2) is 0 Å². The van der Waals surface area contributed by atoms with Gasteiger partial charge in [0.05, 0.1) is 10.6 Å². The van der Waals surface area contributed by atoms with Crippen molar-refractivity contribution in [1.82, 2.24) is 10.2 Å². The summed E-state index contributed by atoms with van der Waals surface area (Å²) >= 11 is 0. The summed E-state index contributed by atoms with van der Waals surface area (Å²) < 4.78 is 0. The van der Waals surface area contributed by atoms with Crippen molar-refractivity contribution in [2.75, 3.05) is 5.32 Å². The van der Waals surface area contributed by atoms with E-state index in [1.165, 1.54) is 30.4 Å². The second-order valence-electron chi connectivity index (χ2n) is 5.56. The average Bonchev–Trinajstić information content (AvgIpc) is 2.67. The molecular weight excluding hydrogens is 348 g/mol. The zero-order valence-electron chi connectivity index (χ0n) is 14.0. The van der Waals surface area contributed by atoms with Gasteiger partial charge in [-0.2, -0.15) is 5.10 Å². The lowest BCUT2D eigenvalue weighted by molar-refractivity contribution is -0.384. The molecular formula is C19H14N4O4. The molecule has 0 aliphatic rings. The van der Waals surface area contributed by atoms with Gasteiger partial charge in [-0.3, -0.25) is 19.7 Å². The maximum absolute atomic E-state index is 12.1. The van der Waals surface area contributed by atoms with Gasteiger partial charge in [0.25, 0.3) is 11.2 Å². The minimum absolute atomic E-state index is 0.0429. The van der Waals surface area contributed by atoms with Gasteiger partial charge in [0.2, 0.25) is 5.91 Å². The third-order valence-corrected chi connectivity index (χ3v) is 3.61. The number of anilines is 1. The molecule has 0 spiro atoms. The van der Waals surface area contributed by atoms with Crippen LogP contribution in [0.15, 0.2) is 71.5 Å². The smallest absolute Gasteiger partial charge is 0.270 e. The monoisotopic (exact) mass is 362 g/mol. The van der Waals surface area contributed by atoms with Crippen molar-refractivity contribution in [1.29, 1.82) is 0 Å². The molecule has 0 bridgehead atoms. The molecule has 2 aromatic carbocycles. The zero-order chi connectivity index (χ0) is 19.2. The highest BCUT2D eigenvalue weighted by molar-refractivity contribution is 6.02. The molecule has 8 heteroatoms. The van der Waals surface area contributed by atoms with E-state index in [1.54, 1.807) is 42.5 Å². The minimum Gasteiger partial charge on any atom is -0.322 e. The Hall–Kier alpha value is -4.07. The Morgan fingerprint density at radius 2 is 1.93 bits per heavy atom. The standard InChI is InChI=1S/C19H14N4O4/c24-18(9-7-13-3-1-6-16(11-13)23(26)27)20-15-5-2-4-14(12-15)17-8-10-19(25)22-21-17/h1-12H,(H,20,24)(H,22,25)/b9-7+.